The van der Waals surface area contributed by atoms with E-state index < -0.39 is 0 Å². The lowest BCUT2D eigenvalue weighted by molar-refractivity contribution is -0.124. The van der Waals surface area contributed by atoms with E-state index in [2.05, 4.69) is 4.99 Å². The normalized spacial score (nSPS) is 27.6. The van der Waals surface area contributed by atoms with E-state index in [4.69, 9.17) is 12.2 Å². The zero-order valence-electron chi connectivity index (χ0n) is 9.39. The molecule has 0 unspecified atom stereocenters. The number of thioether (sulfide) groups is 1. The first-order valence-corrected chi connectivity index (χ1v) is 7.06. The molecule has 3 nitrogen and oxygen atoms in total. The molecule has 0 radical (unpaired) electrons. The SMILES string of the molecule is CCN1C(=O)[C@H](C=NC2CCCC2)SC1=S. The number of rotatable bonds is 3. The number of nitrogens with zero attached hydrogens (tertiary/aromatic N) is 2. The lowest BCUT2D eigenvalue weighted by Crippen LogP contribution is -2.31. The van der Waals surface area contributed by atoms with Crippen LogP contribution in [0.3, 0.4) is 0 Å². The van der Waals surface area contributed by atoms with Crippen molar-refractivity contribution in [3.63, 3.8) is 0 Å². The van der Waals surface area contributed by atoms with Gasteiger partial charge in [-0.3, -0.25) is 14.7 Å². The zero-order valence-corrected chi connectivity index (χ0v) is 11.0. The molecular weight excluding hydrogens is 240 g/mol. The molecule has 16 heavy (non-hydrogen) atoms. The Morgan fingerprint density at radius 3 is 2.81 bits per heavy atom. The third-order valence-electron chi connectivity index (χ3n) is 3.03. The van der Waals surface area contributed by atoms with Crippen molar-refractivity contribution in [2.45, 2.75) is 43.9 Å². The van der Waals surface area contributed by atoms with Crippen LogP contribution in [0.2, 0.25) is 0 Å². The summed E-state index contributed by atoms with van der Waals surface area (Å²) in [5.74, 6) is 0.0965. The summed E-state index contributed by atoms with van der Waals surface area (Å²) in [6, 6.07) is 0.442. The Morgan fingerprint density at radius 1 is 1.56 bits per heavy atom. The third kappa shape index (κ3) is 2.46. The number of aliphatic imine (C=N–C) groups is 1. The van der Waals surface area contributed by atoms with Gasteiger partial charge >= 0.3 is 0 Å². The molecule has 2 fully saturated rings. The van der Waals surface area contributed by atoms with Crippen LogP contribution in [-0.4, -0.2) is 39.2 Å². The number of carbonyl (C=O) groups excluding carboxylic acids is 1. The molecule has 0 aromatic heterocycles. The first-order chi connectivity index (χ1) is 7.72. The van der Waals surface area contributed by atoms with E-state index in [1.165, 1.54) is 37.4 Å². The Labute approximate surface area is 106 Å². The molecule has 0 bridgehead atoms. The Balaban J connectivity index is 1.95. The Kier molecular flexibility index (Phi) is 3.97. The van der Waals surface area contributed by atoms with E-state index in [1.807, 2.05) is 13.1 Å². The number of amides is 1. The predicted octanol–water partition coefficient (Wildman–Crippen LogP) is 2.25. The smallest absolute Gasteiger partial charge is 0.247 e. The van der Waals surface area contributed by atoms with E-state index >= 15 is 0 Å². The summed E-state index contributed by atoms with van der Waals surface area (Å²) in [5.41, 5.74) is 0. The van der Waals surface area contributed by atoms with Gasteiger partial charge in [0.2, 0.25) is 5.91 Å². The van der Waals surface area contributed by atoms with Crippen LogP contribution in [0, 0.1) is 0 Å². The van der Waals surface area contributed by atoms with Crippen LogP contribution in [-0.2, 0) is 4.79 Å². The second-order valence-corrected chi connectivity index (χ2v) is 5.90. The highest BCUT2D eigenvalue weighted by Crippen LogP contribution is 2.27. The minimum Gasteiger partial charge on any atom is -0.297 e. The maximum atomic E-state index is 11.9. The van der Waals surface area contributed by atoms with Gasteiger partial charge in [0, 0.05) is 18.8 Å². The van der Waals surface area contributed by atoms with Gasteiger partial charge in [0.05, 0.1) is 0 Å². The van der Waals surface area contributed by atoms with Gasteiger partial charge in [0.25, 0.3) is 0 Å². The van der Waals surface area contributed by atoms with Gasteiger partial charge in [0.15, 0.2) is 0 Å². The van der Waals surface area contributed by atoms with E-state index in [9.17, 15) is 4.79 Å². The minimum atomic E-state index is -0.173. The van der Waals surface area contributed by atoms with Crippen molar-refractivity contribution in [1.82, 2.24) is 4.90 Å². The van der Waals surface area contributed by atoms with Gasteiger partial charge < -0.3 is 0 Å². The predicted molar refractivity (Wildman–Crippen MR) is 72.1 cm³/mol. The van der Waals surface area contributed by atoms with Gasteiger partial charge in [-0.15, -0.1) is 0 Å². The number of hydrogen-bond donors (Lipinski definition) is 0. The van der Waals surface area contributed by atoms with Crippen molar-refractivity contribution in [2.75, 3.05) is 6.54 Å². The topological polar surface area (TPSA) is 32.7 Å². The molecule has 1 heterocycles. The van der Waals surface area contributed by atoms with Crippen LogP contribution in [0.25, 0.3) is 0 Å². The summed E-state index contributed by atoms with van der Waals surface area (Å²) in [6.07, 6.45) is 6.69. The molecule has 2 rings (SSSR count). The highest BCUT2D eigenvalue weighted by molar-refractivity contribution is 8.24. The molecule has 0 spiro atoms. The third-order valence-corrected chi connectivity index (χ3v) is 4.54. The molecule has 1 amide bonds. The van der Waals surface area contributed by atoms with E-state index in [0.717, 1.165) is 0 Å². The largest absolute Gasteiger partial charge is 0.297 e. The van der Waals surface area contributed by atoms with E-state index in [0.29, 0.717) is 16.9 Å². The maximum absolute atomic E-state index is 11.9. The van der Waals surface area contributed by atoms with Crippen molar-refractivity contribution in [2.24, 2.45) is 4.99 Å². The monoisotopic (exact) mass is 256 g/mol. The van der Waals surface area contributed by atoms with Gasteiger partial charge in [-0.05, 0) is 19.8 Å². The first-order valence-electron chi connectivity index (χ1n) is 5.77. The summed E-state index contributed by atoms with van der Waals surface area (Å²) in [5, 5.41) is -0.173. The highest BCUT2D eigenvalue weighted by atomic mass is 32.2. The fourth-order valence-electron chi connectivity index (χ4n) is 2.10. The maximum Gasteiger partial charge on any atom is 0.247 e. The second kappa shape index (κ2) is 5.27. The van der Waals surface area contributed by atoms with Gasteiger partial charge in [-0.25, -0.2) is 0 Å². The number of hydrogen-bond acceptors (Lipinski definition) is 4. The molecule has 5 heteroatoms. The Morgan fingerprint density at radius 2 is 2.25 bits per heavy atom. The fourth-order valence-corrected chi connectivity index (χ4v) is 3.55. The van der Waals surface area contributed by atoms with Crippen LogP contribution in [0.4, 0.5) is 0 Å². The summed E-state index contributed by atoms with van der Waals surface area (Å²) in [4.78, 5) is 18.0. The molecular formula is C11H16N2OS2. The summed E-state index contributed by atoms with van der Waals surface area (Å²) < 4.78 is 0.690. The van der Waals surface area contributed by atoms with Crippen LogP contribution in [0.1, 0.15) is 32.6 Å². The van der Waals surface area contributed by atoms with Crippen LogP contribution in [0.15, 0.2) is 4.99 Å². The summed E-state index contributed by atoms with van der Waals surface area (Å²) in [6.45, 7) is 2.61. The molecule has 1 aliphatic carbocycles. The molecule has 1 atom stereocenters. The van der Waals surface area contributed by atoms with Crippen molar-refractivity contribution in [3.05, 3.63) is 0 Å². The van der Waals surface area contributed by atoms with Crippen LogP contribution < -0.4 is 0 Å². The standard InChI is InChI=1S/C11H16N2OS2/c1-2-13-10(14)9(16-11(13)15)7-12-8-5-3-4-6-8/h7-9H,2-6H2,1H3/t9-/m0/s1. The Hall–Kier alpha value is -0.420. The molecule has 88 valence electrons. The molecule has 0 aromatic rings. The first kappa shape index (κ1) is 12.0. The van der Waals surface area contributed by atoms with Crippen molar-refractivity contribution in [1.29, 1.82) is 0 Å². The van der Waals surface area contributed by atoms with Gasteiger partial charge in [-0.2, -0.15) is 0 Å². The van der Waals surface area contributed by atoms with E-state index in [-0.39, 0.29) is 11.2 Å². The lowest BCUT2D eigenvalue weighted by Gasteiger charge is -2.10. The Bertz CT molecular complexity index is 324. The average molecular weight is 256 g/mol. The summed E-state index contributed by atoms with van der Waals surface area (Å²) >= 11 is 6.60. The van der Waals surface area contributed by atoms with Crippen LogP contribution in [0.5, 0.6) is 0 Å². The molecule has 1 aliphatic heterocycles. The second-order valence-electron chi connectivity index (χ2n) is 4.12. The molecule has 1 saturated carbocycles. The molecule has 0 N–H and O–H groups in total. The van der Waals surface area contributed by atoms with Crippen molar-refractivity contribution >= 4 is 40.4 Å². The molecule has 1 saturated heterocycles. The van der Waals surface area contributed by atoms with Crippen molar-refractivity contribution < 1.29 is 4.79 Å². The highest BCUT2D eigenvalue weighted by Gasteiger charge is 2.34. The van der Waals surface area contributed by atoms with Gasteiger partial charge in [-0.1, -0.05) is 36.8 Å². The fraction of sp³-hybridized carbons (Fsp3) is 0.727. The number of carbonyl (C=O) groups is 1. The lowest BCUT2D eigenvalue weighted by atomic mass is 10.3. The molecule has 0 aromatic carbocycles. The van der Waals surface area contributed by atoms with Gasteiger partial charge in [0.1, 0.15) is 9.57 Å². The van der Waals surface area contributed by atoms with Crippen molar-refractivity contribution in [3.8, 4) is 0 Å². The minimum absolute atomic E-state index is 0.0965. The van der Waals surface area contributed by atoms with E-state index in [1.54, 1.807) is 4.90 Å². The molecule has 2 aliphatic rings. The number of thiocarbonyl (C=S) groups is 1. The summed E-state index contributed by atoms with van der Waals surface area (Å²) in [7, 11) is 0. The zero-order chi connectivity index (χ0) is 11.5. The van der Waals surface area contributed by atoms with Crippen LogP contribution >= 0.6 is 24.0 Å². The average Bonchev–Trinajstić information content (AvgIpc) is 2.85. The quantitative estimate of drug-likeness (QED) is 0.573.